The van der Waals surface area contributed by atoms with Crippen LogP contribution in [0, 0.1) is 12.8 Å². The minimum atomic E-state index is -4.59. The summed E-state index contributed by atoms with van der Waals surface area (Å²) in [6.45, 7) is 5.03. The number of anilines is 3. The molecule has 6 amide bonds. The standard InChI is InChI=1S/C52H58F3N11O5/c1-32-9-11-36(28-41(32)65-24-5-21-58-51(65)71)50(70)64-25-18-33(19-26-64)10-16-44(68)63-23-3-2-6-37-31-59-48(56)45-46(62-66(47(37)45)40-8-4-7-39(30-40)60-43(67)20-27-63)34-12-14-35(15-13-34)49(69)61-42-29-38(17-22-57-42)52(53,54)55/h2,6,9,11-15,17,22,28-29,31,33,39-40H,3-5,7-8,10,16,18-21,23-27,30H2,1H3,(H2,56,59)(H,58,71)(H,60,67)(H,57,61,69)/b6-2+/t39-,40-/m1/s1. The van der Waals surface area contributed by atoms with Crippen molar-refractivity contribution in [2.24, 2.45) is 5.92 Å². The number of nitrogen functional groups attached to an aromatic ring is 1. The third kappa shape index (κ3) is 11.0. The fourth-order valence-corrected chi connectivity index (χ4v) is 10.3. The Kier molecular flexibility index (Phi) is 14.4. The summed E-state index contributed by atoms with van der Waals surface area (Å²) in [5.74, 6) is -0.547. The summed E-state index contributed by atoms with van der Waals surface area (Å²) >= 11 is 0. The van der Waals surface area contributed by atoms with Gasteiger partial charge in [0.25, 0.3) is 11.8 Å². The lowest BCUT2D eigenvalue weighted by Gasteiger charge is -2.33. The molecule has 372 valence electrons. The fourth-order valence-electron chi connectivity index (χ4n) is 10.3. The molecule has 0 unspecified atom stereocenters. The van der Waals surface area contributed by atoms with E-state index in [1.165, 1.54) is 0 Å². The predicted molar refractivity (Wildman–Crippen MR) is 263 cm³/mol. The fraction of sp³-hybridized carbons (Fsp3) is 0.423. The second-order valence-electron chi connectivity index (χ2n) is 19.0. The van der Waals surface area contributed by atoms with Crippen LogP contribution in [0.25, 0.3) is 28.2 Å². The van der Waals surface area contributed by atoms with Gasteiger partial charge in [-0.1, -0.05) is 30.4 Å². The Labute approximate surface area is 409 Å². The van der Waals surface area contributed by atoms with Gasteiger partial charge < -0.3 is 31.5 Å². The van der Waals surface area contributed by atoms with Crippen molar-refractivity contribution < 1.29 is 37.1 Å². The first kappa shape index (κ1) is 48.7. The van der Waals surface area contributed by atoms with Crippen LogP contribution >= 0.6 is 0 Å². The molecule has 6 heterocycles. The Hall–Kier alpha value is -7.31. The van der Waals surface area contributed by atoms with Gasteiger partial charge in [-0.15, -0.1) is 0 Å². The minimum Gasteiger partial charge on any atom is -0.383 e. The van der Waals surface area contributed by atoms with Gasteiger partial charge in [0.15, 0.2) is 0 Å². The molecule has 3 fully saturated rings. The summed E-state index contributed by atoms with van der Waals surface area (Å²) in [5.41, 5.74) is 10.9. The van der Waals surface area contributed by atoms with Crippen molar-refractivity contribution >= 4 is 64.0 Å². The van der Waals surface area contributed by atoms with E-state index in [2.05, 4.69) is 25.9 Å². The lowest BCUT2D eigenvalue weighted by Crippen LogP contribution is -2.47. The van der Waals surface area contributed by atoms with Crippen LogP contribution in [0.2, 0.25) is 0 Å². The summed E-state index contributed by atoms with van der Waals surface area (Å²) < 4.78 is 41.9. The molecule has 0 radical (unpaired) electrons. The molecule has 9 rings (SSSR count). The number of nitrogens with one attached hydrogen (secondary N) is 3. The molecule has 1 aliphatic carbocycles. The number of nitrogens with zero attached hydrogens (tertiary/aromatic N) is 7. The summed E-state index contributed by atoms with van der Waals surface area (Å²) in [6, 6.07) is 13.3. The molecule has 71 heavy (non-hydrogen) atoms. The number of fused-ring (bicyclic) bond motifs is 3. The highest BCUT2D eigenvalue weighted by Crippen LogP contribution is 2.39. The van der Waals surface area contributed by atoms with Crippen molar-refractivity contribution in [3.8, 4) is 11.3 Å². The maximum Gasteiger partial charge on any atom is 0.416 e. The van der Waals surface area contributed by atoms with E-state index < -0.39 is 17.6 Å². The number of halogens is 3. The molecule has 3 aliphatic heterocycles. The molecule has 2 aromatic carbocycles. The number of benzene rings is 2. The van der Waals surface area contributed by atoms with Crippen molar-refractivity contribution in [1.29, 1.82) is 0 Å². The van der Waals surface area contributed by atoms with Gasteiger partial charge in [-0.2, -0.15) is 18.3 Å². The van der Waals surface area contributed by atoms with Gasteiger partial charge in [0.05, 0.1) is 22.5 Å². The molecule has 3 aromatic heterocycles. The Morgan fingerprint density at radius 3 is 2.45 bits per heavy atom. The second-order valence-corrected chi connectivity index (χ2v) is 19.0. The third-order valence-electron chi connectivity index (χ3n) is 14.2. The molecule has 4 aliphatic rings. The normalized spacial score (nSPS) is 19.9. The van der Waals surface area contributed by atoms with Crippen molar-refractivity contribution in [3.05, 3.63) is 101 Å². The molecule has 1 saturated carbocycles. The largest absolute Gasteiger partial charge is 0.416 e. The number of rotatable bonds is 8. The number of piperidine rings is 1. The molecule has 2 saturated heterocycles. The summed E-state index contributed by atoms with van der Waals surface area (Å²) in [6.07, 6.45) is 9.18. The van der Waals surface area contributed by atoms with E-state index in [-0.39, 0.29) is 65.4 Å². The van der Waals surface area contributed by atoms with E-state index >= 15 is 0 Å². The number of alkyl halides is 3. The van der Waals surface area contributed by atoms with Gasteiger partial charge in [0.2, 0.25) is 11.8 Å². The van der Waals surface area contributed by atoms with Crippen LogP contribution in [0.1, 0.15) is 114 Å². The number of hydrogen-bond donors (Lipinski definition) is 4. The number of pyridine rings is 2. The number of nitrogens with two attached hydrogens (primary N) is 1. The number of carbonyl (C=O) groups excluding carboxylic acids is 5. The highest BCUT2D eigenvalue weighted by atomic mass is 19.4. The molecule has 16 nitrogen and oxygen atoms in total. The quantitative estimate of drug-likeness (QED) is 0.118. The van der Waals surface area contributed by atoms with E-state index in [9.17, 15) is 37.1 Å². The topological polar surface area (TPSA) is 201 Å². The van der Waals surface area contributed by atoms with Crippen molar-refractivity contribution in [3.63, 3.8) is 0 Å². The average Bonchev–Trinajstić information content (AvgIpc) is 3.78. The smallest absolute Gasteiger partial charge is 0.383 e. The molecule has 19 heteroatoms. The lowest BCUT2D eigenvalue weighted by atomic mass is 9.90. The highest BCUT2D eigenvalue weighted by molar-refractivity contribution is 6.06. The van der Waals surface area contributed by atoms with E-state index in [4.69, 9.17) is 10.8 Å². The lowest BCUT2D eigenvalue weighted by molar-refractivity contribution is -0.137. The van der Waals surface area contributed by atoms with E-state index in [1.807, 2.05) is 46.9 Å². The predicted octanol–water partition coefficient (Wildman–Crippen LogP) is 8.14. The zero-order chi connectivity index (χ0) is 49.8. The van der Waals surface area contributed by atoms with Gasteiger partial charge in [-0.3, -0.25) is 28.8 Å². The molecule has 2 atom stereocenters. The van der Waals surface area contributed by atoms with Crippen LogP contribution in [0.5, 0.6) is 0 Å². The SMILES string of the molecule is Cc1ccc(C(=O)N2CCC(CCC(=O)N3CC/C=C/c4cnc(N)c5c(-c6ccc(C(=O)Nc7cc(C(F)(F)F)ccn7)cc6)nn(c45)[C@@H]4CCC[C@H](C4)NC(=O)CC3)CC2)cc1N1CCCNC1=O. The number of hydrogen-bond acceptors (Lipinski definition) is 9. The van der Waals surface area contributed by atoms with Crippen molar-refractivity contribution in [2.75, 3.05) is 55.2 Å². The monoisotopic (exact) mass is 973 g/mol. The summed E-state index contributed by atoms with van der Waals surface area (Å²) in [4.78, 5) is 80.6. The Bertz CT molecular complexity index is 2860. The zero-order valence-electron chi connectivity index (χ0n) is 39.6. The van der Waals surface area contributed by atoms with E-state index in [0.717, 1.165) is 79.2 Å². The van der Waals surface area contributed by atoms with Gasteiger partial charge in [-0.05, 0) is 113 Å². The first-order valence-corrected chi connectivity index (χ1v) is 24.5. The first-order valence-electron chi connectivity index (χ1n) is 24.5. The molecule has 0 spiro atoms. The number of likely N-dealkylation sites (tertiary alicyclic amines) is 1. The van der Waals surface area contributed by atoms with Crippen LogP contribution in [0.15, 0.2) is 73.1 Å². The average molecular weight is 974 g/mol. The summed E-state index contributed by atoms with van der Waals surface area (Å²) in [7, 11) is 0. The highest BCUT2D eigenvalue weighted by Gasteiger charge is 2.33. The van der Waals surface area contributed by atoms with Gasteiger partial charge in [-0.25, -0.2) is 14.8 Å². The Morgan fingerprint density at radius 2 is 1.68 bits per heavy atom. The number of carbonyl (C=O) groups is 5. The molecular formula is C52H58F3N11O5. The number of aryl methyl sites for hydroxylation is 1. The van der Waals surface area contributed by atoms with Crippen LogP contribution < -0.4 is 26.6 Å². The number of amides is 6. The number of aromatic nitrogens is 4. The molecule has 2 bridgehead atoms. The van der Waals surface area contributed by atoms with Crippen LogP contribution in [0.3, 0.4) is 0 Å². The Morgan fingerprint density at radius 1 is 0.887 bits per heavy atom. The summed E-state index contributed by atoms with van der Waals surface area (Å²) in [5, 5.41) is 14.3. The molecule has 5 aromatic rings. The maximum atomic E-state index is 13.9. The van der Waals surface area contributed by atoms with E-state index in [1.54, 1.807) is 40.3 Å². The van der Waals surface area contributed by atoms with Crippen LogP contribution in [0.4, 0.5) is 35.3 Å². The van der Waals surface area contributed by atoms with Gasteiger partial charge in [0.1, 0.15) is 17.3 Å². The second kappa shape index (κ2) is 21.0. The van der Waals surface area contributed by atoms with Crippen molar-refractivity contribution in [1.82, 2.24) is 40.2 Å². The van der Waals surface area contributed by atoms with Crippen LogP contribution in [-0.2, 0) is 15.8 Å². The van der Waals surface area contributed by atoms with Crippen LogP contribution in [-0.4, -0.2) is 105 Å². The third-order valence-corrected chi connectivity index (χ3v) is 14.2. The van der Waals surface area contributed by atoms with Gasteiger partial charge >= 0.3 is 12.2 Å². The minimum absolute atomic E-state index is 0.0178. The Balaban J connectivity index is 0.872. The van der Waals surface area contributed by atoms with E-state index in [0.29, 0.717) is 87.2 Å². The molecular weight excluding hydrogens is 916 g/mol. The van der Waals surface area contributed by atoms with Gasteiger partial charge in [0, 0.05) is 98.5 Å². The molecule has 5 N–H and O–H groups in total. The zero-order valence-corrected chi connectivity index (χ0v) is 39.6. The number of urea groups is 1. The maximum absolute atomic E-state index is 13.9. The first-order chi connectivity index (χ1) is 34.2. The van der Waals surface area contributed by atoms with Crippen molar-refractivity contribution in [2.45, 2.75) is 95.8 Å².